The molecule has 3 rings (SSSR count). The van der Waals surface area contributed by atoms with Gasteiger partial charge in [0.2, 0.25) is 5.88 Å². The lowest BCUT2D eigenvalue weighted by atomic mass is 9.89. The van der Waals surface area contributed by atoms with Crippen LogP contribution in [0.2, 0.25) is 0 Å². The smallest absolute Gasteiger partial charge is 0.404 e. The fourth-order valence-corrected chi connectivity index (χ4v) is 3.20. The second-order valence-corrected chi connectivity index (χ2v) is 5.71. The number of pyridine rings is 1. The van der Waals surface area contributed by atoms with Crippen LogP contribution in [0.15, 0.2) is 12.3 Å². The minimum atomic E-state index is -1.00. The van der Waals surface area contributed by atoms with Crippen LogP contribution >= 0.6 is 0 Å². The first-order valence-electron chi connectivity index (χ1n) is 7.57. The van der Waals surface area contributed by atoms with Gasteiger partial charge in [0.1, 0.15) is 11.4 Å². The van der Waals surface area contributed by atoms with Gasteiger partial charge in [-0.3, -0.25) is 4.79 Å². The molecular formula is C15H19N3O5. The molecule has 1 aliphatic carbocycles. The maximum Gasteiger partial charge on any atom is 0.404 e. The molecule has 1 saturated carbocycles. The van der Waals surface area contributed by atoms with Crippen molar-refractivity contribution in [2.75, 3.05) is 18.6 Å². The lowest BCUT2D eigenvalue weighted by Gasteiger charge is -2.39. The average Bonchev–Trinajstić information content (AvgIpc) is 2.55. The Morgan fingerprint density at radius 1 is 1.43 bits per heavy atom. The molecule has 0 atom stereocenters. The Morgan fingerprint density at radius 2 is 2.17 bits per heavy atom. The average molecular weight is 321 g/mol. The molecule has 0 spiro atoms. The molecule has 2 amide bonds. The van der Waals surface area contributed by atoms with E-state index in [4.69, 9.17) is 14.6 Å². The van der Waals surface area contributed by atoms with Crippen LogP contribution in [0.3, 0.4) is 0 Å². The Balaban J connectivity index is 1.78. The van der Waals surface area contributed by atoms with Crippen LogP contribution in [0.4, 0.5) is 10.5 Å². The third kappa shape index (κ3) is 3.15. The van der Waals surface area contributed by atoms with Crippen molar-refractivity contribution in [2.45, 2.75) is 37.8 Å². The second kappa shape index (κ2) is 6.31. The van der Waals surface area contributed by atoms with E-state index in [9.17, 15) is 9.59 Å². The summed E-state index contributed by atoms with van der Waals surface area (Å²) in [4.78, 5) is 29.0. The number of carboxylic acid groups (broad SMARTS) is 1. The molecule has 1 fully saturated rings. The first-order valence-corrected chi connectivity index (χ1v) is 7.57. The minimum absolute atomic E-state index is 0.0194. The molecule has 0 bridgehead atoms. The fourth-order valence-electron chi connectivity index (χ4n) is 3.20. The fraction of sp³-hybridized carbons (Fsp3) is 0.533. The number of carbonyl (C=O) groups excluding carboxylic acids is 1. The van der Waals surface area contributed by atoms with E-state index in [1.165, 1.54) is 0 Å². The number of rotatable bonds is 3. The van der Waals surface area contributed by atoms with E-state index in [0.29, 0.717) is 30.2 Å². The predicted octanol–water partition coefficient (Wildman–Crippen LogP) is 1.39. The molecule has 1 aromatic rings. The maximum absolute atomic E-state index is 12.3. The number of nitrogens with zero attached hydrogens (tertiary/aromatic N) is 2. The summed E-state index contributed by atoms with van der Waals surface area (Å²) in [7, 11) is 1.54. The van der Waals surface area contributed by atoms with Gasteiger partial charge in [-0.25, -0.2) is 9.78 Å². The van der Waals surface area contributed by atoms with Crippen LogP contribution in [-0.4, -0.2) is 47.9 Å². The van der Waals surface area contributed by atoms with E-state index < -0.39 is 6.09 Å². The number of methoxy groups -OCH3 is 1. The van der Waals surface area contributed by atoms with E-state index in [1.807, 2.05) is 0 Å². The lowest BCUT2D eigenvalue weighted by molar-refractivity contribution is -0.122. The van der Waals surface area contributed by atoms with Crippen molar-refractivity contribution >= 4 is 17.7 Å². The Bertz CT molecular complexity index is 613. The molecule has 0 unspecified atom stereocenters. The Hall–Kier alpha value is -2.51. The van der Waals surface area contributed by atoms with E-state index >= 15 is 0 Å². The number of hydrogen-bond donors (Lipinski definition) is 2. The standard InChI is InChI=1S/C15H19N3O5/c1-22-11-6-12-14(16-7-11)23-8-13(19)18(12)10-4-2-9(3-5-10)17-15(20)21/h6-7,9-10,17H,2-5,8H2,1H3,(H,20,21). The summed E-state index contributed by atoms with van der Waals surface area (Å²) in [5.41, 5.74) is 0.621. The molecule has 23 heavy (non-hydrogen) atoms. The summed E-state index contributed by atoms with van der Waals surface area (Å²) in [6.45, 7) is -0.0281. The van der Waals surface area contributed by atoms with Crippen LogP contribution < -0.4 is 19.7 Å². The van der Waals surface area contributed by atoms with Crippen LogP contribution in [0, 0.1) is 0 Å². The lowest BCUT2D eigenvalue weighted by Crippen LogP contribution is -2.49. The molecule has 0 aromatic carbocycles. The highest BCUT2D eigenvalue weighted by atomic mass is 16.5. The summed E-state index contributed by atoms with van der Waals surface area (Å²) in [6, 6.07) is 1.72. The Labute approximate surface area is 133 Å². The molecule has 2 N–H and O–H groups in total. The summed E-state index contributed by atoms with van der Waals surface area (Å²) in [5, 5.41) is 11.3. The van der Waals surface area contributed by atoms with Gasteiger partial charge < -0.3 is 24.8 Å². The zero-order valence-electron chi connectivity index (χ0n) is 12.8. The summed E-state index contributed by atoms with van der Waals surface area (Å²) >= 11 is 0. The van der Waals surface area contributed by atoms with Gasteiger partial charge in [-0.1, -0.05) is 0 Å². The number of fused-ring (bicyclic) bond motifs is 1. The minimum Gasteiger partial charge on any atom is -0.495 e. The van der Waals surface area contributed by atoms with Gasteiger partial charge >= 0.3 is 6.09 Å². The Morgan fingerprint density at radius 3 is 2.83 bits per heavy atom. The molecule has 0 saturated heterocycles. The van der Waals surface area contributed by atoms with Gasteiger partial charge in [0.25, 0.3) is 5.91 Å². The van der Waals surface area contributed by atoms with Crippen LogP contribution in [-0.2, 0) is 4.79 Å². The normalized spacial score (nSPS) is 23.7. The van der Waals surface area contributed by atoms with E-state index in [-0.39, 0.29) is 24.6 Å². The predicted molar refractivity (Wildman–Crippen MR) is 81.0 cm³/mol. The van der Waals surface area contributed by atoms with Crippen molar-refractivity contribution in [2.24, 2.45) is 0 Å². The van der Waals surface area contributed by atoms with Crippen LogP contribution in [0.25, 0.3) is 0 Å². The van der Waals surface area contributed by atoms with Gasteiger partial charge in [0, 0.05) is 18.2 Å². The highest BCUT2D eigenvalue weighted by molar-refractivity contribution is 5.98. The zero-order chi connectivity index (χ0) is 16.4. The molecule has 1 aromatic heterocycles. The summed E-state index contributed by atoms with van der Waals surface area (Å²) in [6.07, 6.45) is 3.42. The largest absolute Gasteiger partial charge is 0.495 e. The van der Waals surface area contributed by atoms with Gasteiger partial charge in [-0.05, 0) is 25.7 Å². The number of nitrogens with one attached hydrogen (secondary N) is 1. The van der Waals surface area contributed by atoms with Crippen LogP contribution in [0.1, 0.15) is 25.7 Å². The zero-order valence-corrected chi connectivity index (χ0v) is 12.8. The number of carbonyl (C=O) groups is 2. The third-order valence-corrected chi connectivity index (χ3v) is 4.29. The van der Waals surface area contributed by atoms with Crippen molar-refractivity contribution in [3.05, 3.63) is 12.3 Å². The van der Waals surface area contributed by atoms with E-state index in [0.717, 1.165) is 12.8 Å². The molecule has 2 heterocycles. The second-order valence-electron chi connectivity index (χ2n) is 5.71. The maximum atomic E-state index is 12.3. The van der Waals surface area contributed by atoms with Gasteiger partial charge in [-0.15, -0.1) is 0 Å². The molecule has 124 valence electrons. The molecule has 2 aliphatic rings. The summed E-state index contributed by atoms with van der Waals surface area (Å²) < 4.78 is 10.6. The quantitative estimate of drug-likeness (QED) is 0.872. The number of hydrogen-bond acceptors (Lipinski definition) is 5. The van der Waals surface area contributed by atoms with E-state index in [2.05, 4.69) is 10.3 Å². The highest BCUT2D eigenvalue weighted by Gasteiger charge is 2.35. The van der Waals surface area contributed by atoms with Gasteiger partial charge in [0.15, 0.2) is 6.61 Å². The first-order chi connectivity index (χ1) is 11.1. The molecule has 8 heteroatoms. The molecule has 8 nitrogen and oxygen atoms in total. The SMILES string of the molecule is COc1cnc2c(c1)N(C1CCC(NC(=O)O)CC1)C(=O)CO2. The van der Waals surface area contributed by atoms with E-state index in [1.54, 1.807) is 24.3 Å². The Kier molecular flexibility index (Phi) is 4.22. The van der Waals surface area contributed by atoms with Gasteiger partial charge in [0.05, 0.1) is 13.3 Å². The van der Waals surface area contributed by atoms with Crippen LogP contribution in [0.5, 0.6) is 11.6 Å². The number of aromatic nitrogens is 1. The van der Waals surface area contributed by atoms with Crippen molar-refractivity contribution < 1.29 is 24.2 Å². The molecule has 1 aliphatic heterocycles. The van der Waals surface area contributed by atoms with Gasteiger partial charge in [-0.2, -0.15) is 0 Å². The number of ether oxygens (including phenoxy) is 2. The van der Waals surface area contributed by atoms with Crippen molar-refractivity contribution in [3.63, 3.8) is 0 Å². The highest BCUT2D eigenvalue weighted by Crippen LogP contribution is 2.37. The molecular weight excluding hydrogens is 302 g/mol. The topological polar surface area (TPSA) is 101 Å². The summed E-state index contributed by atoms with van der Waals surface area (Å²) in [5.74, 6) is 0.881. The molecule has 0 radical (unpaired) electrons. The monoisotopic (exact) mass is 321 g/mol. The van der Waals surface area contributed by atoms with Crippen molar-refractivity contribution in [3.8, 4) is 11.6 Å². The number of anilines is 1. The van der Waals surface area contributed by atoms with Crippen molar-refractivity contribution in [1.82, 2.24) is 10.3 Å². The first kappa shape index (κ1) is 15.4. The van der Waals surface area contributed by atoms with Crippen molar-refractivity contribution in [1.29, 1.82) is 0 Å². The number of amides is 2. The third-order valence-electron chi connectivity index (χ3n) is 4.29.